The highest BCUT2D eigenvalue weighted by Crippen LogP contribution is 2.19. The minimum absolute atomic E-state index is 0.0402. The first kappa shape index (κ1) is 16.1. The van der Waals surface area contributed by atoms with Crippen LogP contribution in [-0.2, 0) is 11.3 Å². The molecular formula is C17H23ClN2O. The van der Waals surface area contributed by atoms with Crippen LogP contribution in [0.5, 0.6) is 0 Å². The van der Waals surface area contributed by atoms with E-state index in [9.17, 15) is 4.79 Å². The molecule has 2 rings (SSSR count). The Balaban J connectivity index is 1.59. The molecule has 1 amide bonds. The van der Waals surface area contributed by atoms with Gasteiger partial charge in [0, 0.05) is 18.1 Å². The van der Waals surface area contributed by atoms with Crippen LogP contribution in [0.3, 0.4) is 0 Å². The van der Waals surface area contributed by atoms with Gasteiger partial charge >= 0.3 is 0 Å². The van der Waals surface area contributed by atoms with Crippen LogP contribution in [0, 0.1) is 0 Å². The lowest BCUT2D eigenvalue weighted by Crippen LogP contribution is -2.34. The summed E-state index contributed by atoms with van der Waals surface area (Å²) in [6.07, 6.45) is 8.30. The van der Waals surface area contributed by atoms with Gasteiger partial charge in [0.05, 0.1) is 6.54 Å². The van der Waals surface area contributed by atoms with Gasteiger partial charge in [-0.25, -0.2) is 0 Å². The van der Waals surface area contributed by atoms with Crippen LogP contribution < -0.4 is 10.6 Å². The molecule has 0 radical (unpaired) electrons. The normalized spacial score (nSPS) is 14.6. The monoisotopic (exact) mass is 306 g/mol. The number of carbonyl (C=O) groups is 1. The van der Waals surface area contributed by atoms with Crippen molar-refractivity contribution in [3.05, 3.63) is 46.5 Å². The summed E-state index contributed by atoms with van der Waals surface area (Å²) >= 11 is 6.06. The highest BCUT2D eigenvalue weighted by atomic mass is 35.5. The van der Waals surface area contributed by atoms with Crippen LogP contribution in [0.4, 0.5) is 0 Å². The number of allylic oxidation sites excluding steroid dienone is 1. The first-order chi connectivity index (χ1) is 10.3. The smallest absolute Gasteiger partial charge is 0.233 e. The number of halogens is 1. The fraction of sp³-hybridized carbons (Fsp3) is 0.471. The summed E-state index contributed by atoms with van der Waals surface area (Å²) in [5.41, 5.74) is 2.50. The van der Waals surface area contributed by atoms with E-state index in [0.29, 0.717) is 13.1 Å². The van der Waals surface area contributed by atoms with E-state index in [1.54, 1.807) is 0 Å². The zero-order chi connectivity index (χ0) is 14.9. The Morgan fingerprint density at radius 3 is 2.86 bits per heavy atom. The van der Waals surface area contributed by atoms with Crippen molar-refractivity contribution in [2.24, 2.45) is 0 Å². The van der Waals surface area contributed by atoms with Crippen molar-refractivity contribution in [3.63, 3.8) is 0 Å². The summed E-state index contributed by atoms with van der Waals surface area (Å²) in [7, 11) is 0. The van der Waals surface area contributed by atoms with E-state index in [2.05, 4.69) is 16.7 Å². The summed E-state index contributed by atoms with van der Waals surface area (Å²) < 4.78 is 0. The lowest BCUT2D eigenvalue weighted by Gasteiger charge is -2.13. The first-order valence-corrected chi connectivity index (χ1v) is 8.02. The summed E-state index contributed by atoms with van der Waals surface area (Å²) in [6.45, 7) is 1.67. The van der Waals surface area contributed by atoms with E-state index in [-0.39, 0.29) is 5.91 Å². The van der Waals surface area contributed by atoms with Crippen LogP contribution >= 0.6 is 11.6 Å². The van der Waals surface area contributed by atoms with E-state index in [0.717, 1.165) is 23.6 Å². The van der Waals surface area contributed by atoms with Crippen LogP contribution in [0.15, 0.2) is 35.9 Å². The molecule has 1 aromatic carbocycles. The van der Waals surface area contributed by atoms with Crippen LogP contribution in [0.2, 0.25) is 5.02 Å². The Morgan fingerprint density at radius 1 is 1.24 bits per heavy atom. The number of carbonyl (C=O) groups excluding carboxylic acids is 1. The van der Waals surface area contributed by atoms with E-state index >= 15 is 0 Å². The molecule has 0 unspecified atom stereocenters. The molecule has 1 aromatic rings. The second-order valence-electron chi connectivity index (χ2n) is 5.40. The van der Waals surface area contributed by atoms with Crippen LogP contribution in [-0.4, -0.2) is 19.0 Å². The third kappa shape index (κ3) is 5.90. The van der Waals surface area contributed by atoms with Crippen molar-refractivity contribution in [2.45, 2.75) is 38.6 Å². The quantitative estimate of drug-likeness (QED) is 0.758. The second kappa shape index (κ2) is 8.85. The largest absolute Gasteiger partial charge is 0.355 e. The van der Waals surface area contributed by atoms with E-state index in [1.165, 1.54) is 31.3 Å². The van der Waals surface area contributed by atoms with Crippen molar-refractivity contribution < 1.29 is 4.79 Å². The Hall–Kier alpha value is -1.32. The molecule has 21 heavy (non-hydrogen) atoms. The van der Waals surface area contributed by atoms with Crippen LogP contribution in [0.1, 0.15) is 37.7 Å². The fourth-order valence-electron chi connectivity index (χ4n) is 2.51. The SMILES string of the molecule is O=C(CNCc1ccccc1Cl)NCCC1=CCCCC1. The summed E-state index contributed by atoms with van der Waals surface area (Å²) in [5.74, 6) is 0.0402. The molecule has 3 nitrogen and oxygen atoms in total. The number of rotatable bonds is 7. The summed E-state index contributed by atoms with van der Waals surface area (Å²) in [4.78, 5) is 11.7. The molecule has 0 spiro atoms. The maximum Gasteiger partial charge on any atom is 0.233 e. The van der Waals surface area contributed by atoms with Gasteiger partial charge in [0.15, 0.2) is 0 Å². The molecule has 0 fully saturated rings. The van der Waals surface area contributed by atoms with Gasteiger partial charge in [-0.2, -0.15) is 0 Å². The molecule has 0 bridgehead atoms. The molecule has 0 saturated carbocycles. The number of benzene rings is 1. The molecular weight excluding hydrogens is 284 g/mol. The summed E-state index contributed by atoms with van der Waals surface area (Å²) in [5, 5.41) is 6.81. The number of hydrogen-bond acceptors (Lipinski definition) is 2. The van der Waals surface area contributed by atoms with Crippen molar-refractivity contribution >= 4 is 17.5 Å². The van der Waals surface area contributed by atoms with Gasteiger partial charge in [-0.05, 0) is 43.7 Å². The predicted octanol–water partition coefficient (Wildman–Crippen LogP) is 3.44. The molecule has 0 aromatic heterocycles. The van der Waals surface area contributed by atoms with Crippen molar-refractivity contribution in [1.29, 1.82) is 0 Å². The van der Waals surface area contributed by atoms with Crippen molar-refractivity contribution in [3.8, 4) is 0 Å². The van der Waals surface area contributed by atoms with E-state index in [4.69, 9.17) is 11.6 Å². The topological polar surface area (TPSA) is 41.1 Å². The second-order valence-corrected chi connectivity index (χ2v) is 5.81. The Bertz CT molecular complexity index is 499. The van der Waals surface area contributed by atoms with Gasteiger partial charge in [0.1, 0.15) is 0 Å². The van der Waals surface area contributed by atoms with Gasteiger partial charge < -0.3 is 10.6 Å². The van der Waals surface area contributed by atoms with Crippen molar-refractivity contribution in [2.75, 3.05) is 13.1 Å². The van der Waals surface area contributed by atoms with Gasteiger partial charge in [-0.3, -0.25) is 4.79 Å². The molecule has 1 aliphatic carbocycles. The maximum absolute atomic E-state index is 11.7. The highest BCUT2D eigenvalue weighted by molar-refractivity contribution is 6.31. The van der Waals surface area contributed by atoms with E-state index in [1.807, 2.05) is 24.3 Å². The minimum Gasteiger partial charge on any atom is -0.355 e. The molecule has 114 valence electrons. The highest BCUT2D eigenvalue weighted by Gasteiger charge is 2.05. The molecule has 1 aliphatic rings. The zero-order valence-corrected chi connectivity index (χ0v) is 13.1. The Morgan fingerprint density at radius 2 is 2.10 bits per heavy atom. The van der Waals surface area contributed by atoms with Crippen molar-refractivity contribution in [1.82, 2.24) is 10.6 Å². The minimum atomic E-state index is 0.0402. The average Bonchev–Trinajstić information content (AvgIpc) is 2.50. The number of hydrogen-bond donors (Lipinski definition) is 2. The molecule has 2 N–H and O–H groups in total. The maximum atomic E-state index is 11.7. The van der Waals surface area contributed by atoms with Gasteiger partial charge in [-0.15, -0.1) is 0 Å². The van der Waals surface area contributed by atoms with Crippen LogP contribution in [0.25, 0.3) is 0 Å². The average molecular weight is 307 g/mol. The zero-order valence-electron chi connectivity index (χ0n) is 12.3. The third-order valence-electron chi connectivity index (χ3n) is 3.71. The summed E-state index contributed by atoms with van der Waals surface area (Å²) in [6, 6.07) is 7.67. The lowest BCUT2D eigenvalue weighted by molar-refractivity contribution is -0.120. The number of nitrogens with one attached hydrogen (secondary N) is 2. The number of amides is 1. The Labute approximate surface area is 131 Å². The standard InChI is InChI=1S/C17H23ClN2O/c18-16-9-5-4-8-15(16)12-19-13-17(21)20-11-10-14-6-2-1-3-7-14/h4-6,8-9,19H,1-3,7,10-13H2,(H,20,21). The third-order valence-corrected chi connectivity index (χ3v) is 4.08. The van der Waals surface area contributed by atoms with E-state index < -0.39 is 0 Å². The molecule has 0 aliphatic heterocycles. The lowest BCUT2D eigenvalue weighted by atomic mass is 9.97. The molecule has 4 heteroatoms. The Kier molecular flexibility index (Phi) is 6.77. The first-order valence-electron chi connectivity index (χ1n) is 7.64. The molecule has 0 heterocycles. The van der Waals surface area contributed by atoms with Gasteiger partial charge in [0.25, 0.3) is 0 Å². The van der Waals surface area contributed by atoms with Gasteiger partial charge in [-0.1, -0.05) is 41.4 Å². The fourth-order valence-corrected chi connectivity index (χ4v) is 2.71. The van der Waals surface area contributed by atoms with Gasteiger partial charge in [0.2, 0.25) is 5.91 Å². The molecule has 0 atom stereocenters. The molecule has 0 saturated heterocycles. The predicted molar refractivity (Wildman–Crippen MR) is 87.3 cm³/mol.